The van der Waals surface area contributed by atoms with Crippen molar-refractivity contribution in [3.8, 4) is 0 Å². The van der Waals surface area contributed by atoms with Gasteiger partial charge in [-0.2, -0.15) is 0 Å². The number of carbonyl (C=O) groups is 1. The van der Waals surface area contributed by atoms with Gasteiger partial charge in [-0.3, -0.25) is 4.79 Å². The fourth-order valence-electron chi connectivity index (χ4n) is 2.05. The van der Waals surface area contributed by atoms with Crippen LogP contribution >= 0.6 is 15.9 Å². The largest absolute Gasteiger partial charge is 0.398 e. The third kappa shape index (κ3) is 3.25. The second-order valence-corrected chi connectivity index (χ2v) is 5.44. The summed E-state index contributed by atoms with van der Waals surface area (Å²) in [5.41, 5.74) is 6.76. The number of rotatable bonds is 5. The van der Waals surface area contributed by atoms with E-state index in [0.29, 0.717) is 11.3 Å². The average Bonchev–Trinajstić information content (AvgIpc) is 2.38. The number of carbonyl (C=O) groups excluding carboxylic acids is 1. The van der Waals surface area contributed by atoms with Gasteiger partial charge in [0, 0.05) is 15.7 Å². The second kappa shape index (κ2) is 6.23. The van der Waals surface area contributed by atoms with Gasteiger partial charge in [0.15, 0.2) is 0 Å². The Bertz CT molecular complexity index is 420. The summed E-state index contributed by atoms with van der Waals surface area (Å²) in [6.45, 7) is 6.28. The van der Waals surface area contributed by atoms with Crippen LogP contribution in [0.5, 0.6) is 0 Å². The molecule has 0 heterocycles. The lowest BCUT2D eigenvalue weighted by Crippen LogP contribution is -2.47. The number of hydrogen-bond donors (Lipinski definition) is 2. The van der Waals surface area contributed by atoms with Crippen LogP contribution in [0.1, 0.15) is 50.4 Å². The first kappa shape index (κ1) is 15.0. The highest BCUT2D eigenvalue weighted by molar-refractivity contribution is 9.10. The van der Waals surface area contributed by atoms with Gasteiger partial charge in [-0.05, 0) is 37.5 Å². The van der Waals surface area contributed by atoms with E-state index >= 15 is 0 Å². The van der Waals surface area contributed by atoms with Crippen molar-refractivity contribution in [1.82, 2.24) is 5.32 Å². The van der Waals surface area contributed by atoms with Crippen molar-refractivity contribution < 1.29 is 4.79 Å². The Morgan fingerprint density at radius 2 is 1.83 bits per heavy atom. The molecule has 1 aromatic rings. The summed E-state index contributed by atoms with van der Waals surface area (Å²) in [7, 11) is 0. The SMILES string of the molecule is CCC(CC)(CC)NC(=O)c1cc(Br)ccc1N. The summed E-state index contributed by atoms with van der Waals surface area (Å²) >= 11 is 3.36. The van der Waals surface area contributed by atoms with Crippen LogP contribution in [0.4, 0.5) is 5.69 Å². The number of halogens is 1. The van der Waals surface area contributed by atoms with E-state index in [1.54, 1.807) is 12.1 Å². The number of amides is 1. The minimum Gasteiger partial charge on any atom is -0.398 e. The van der Waals surface area contributed by atoms with E-state index < -0.39 is 0 Å². The summed E-state index contributed by atoms with van der Waals surface area (Å²) in [4.78, 5) is 12.3. The average molecular weight is 313 g/mol. The number of benzene rings is 1. The molecule has 18 heavy (non-hydrogen) atoms. The van der Waals surface area contributed by atoms with E-state index in [2.05, 4.69) is 42.0 Å². The molecule has 0 saturated heterocycles. The molecule has 3 N–H and O–H groups in total. The Morgan fingerprint density at radius 1 is 1.28 bits per heavy atom. The highest BCUT2D eigenvalue weighted by atomic mass is 79.9. The maximum absolute atomic E-state index is 12.3. The molecule has 0 aliphatic rings. The molecule has 1 rings (SSSR count). The smallest absolute Gasteiger partial charge is 0.253 e. The van der Waals surface area contributed by atoms with E-state index in [0.717, 1.165) is 23.7 Å². The Morgan fingerprint density at radius 3 is 2.33 bits per heavy atom. The molecule has 100 valence electrons. The first-order valence-corrected chi connectivity index (χ1v) is 7.14. The van der Waals surface area contributed by atoms with Crippen LogP contribution in [-0.4, -0.2) is 11.4 Å². The van der Waals surface area contributed by atoms with Crippen LogP contribution in [0.25, 0.3) is 0 Å². The van der Waals surface area contributed by atoms with Crippen molar-refractivity contribution in [2.45, 2.75) is 45.6 Å². The van der Waals surface area contributed by atoms with Crippen LogP contribution in [0.15, 0.2) is 22.7 Å². The molecule has 0 fully saturated rings. The highest BCUT2D eigenvalue weighted by Crippen LogP contribution is 2.23. The quantitative estimate of drug-likeness (QED) is 0.814. The van der Waals surface area contributed by atoms with Crippen molar-refractivity contribution in [2.24, 2.45) is 0 Å². The van der Waals surface area contributed by atoms with Crippen LogP contribution in [0.3, 0.4) is 0 Å². The standard InChI is InChI=1S/C14H21BrN2O/c1-4-14(5-2,6-3)17-13(18)11-9-10(15)7-8-12(11)16/h7-9H,4-6,16H2,1-3H3,(H,17,18). The summed E-state index contributed by atoms with van der Waals surface area (Å²) in [6.07, 6.45) is 2.75. The maximum atomic E-state index is 12.3. The topological polar surface area (TPSA) is 55.1 Å². The summed E-state index contributed by atoms with van der Waals surface area (Å²) in [5.74, 6) is -0.0978. The highest BCUT2D eigenvalue weighted by Gasteiger charge is 2.26. The molecule has 4 heteroatoms. The monoisotopic (exact) mass is 312 g/mol. The van der Waals surface area contributed by atoms with Gasteiger partial charge >= 0.3 is 0 Å². The van der Waals surface area contributed by atoms with Gasteiger partial charge in [0.05, 0.1) is 5.56 Å². The molecule has 1 amide bonds. The second-order valence-electron chi connectivity index (χ2n) is 4.53. The zero-order valence-corrected chi connectivity index (χ0v) is 12.8. The molecule has 0 aliphatic carbocycles. The summed E-state index contributed by atoms with van der Waals surface area (Å²) in [6, 6.07) is 5.33. The van der Waals surface area contributed by atoms with Crippen molar-refractivity contribution in [3.63, 3.8) is 0 Å². The number of nitrogens with one attached hydrogen (secondary N) is 1. The van der Waals surface area contributed by atoms with Crippen LogP contribution in [0, 0.1) is 0 Å². The molecule has 3 nitrogen and oxygen atoms in total. The molecule has 0 aliphatic heterocycles. The van der Waals surface area contributed by atoms with Gasteiger partial charge in [0.1, 0.15) is 0 Å². The van der Waals surface area contributed by atoms with Gasteiger partial charge in [-0.25, -0.2) is 0 Å². The first-order valence-electron chi connectivity index (χ1n) is 6.35. The number of anilines is 1. The van der Waals surface area contributed by atoms with E-state index in [1.165, 1.54) is 0 Å². The normalized spacial score (nSPS) is 11.3. The van der Waals surface area contributed by atoms with Gasteiger partial charge in [-0.1, -0.05) is 36.7 Å². The van der Waals surface area contributed by atoms with Crippen molar-refractivity contribution in [3.05, 3.63) is 28.2 Å². The van der Waals surface area contributed by atoms with Crippen molar-refractivity contribution >= 4 is 27.5 Å². The Balaban J connectivity index is 2.97. The third-order valence-electron chi connectivity index (χ3n) is 3.67. The van der Waals surface area contributed by atoms with Gasteiger partial charge in [0.2, 0.25) is 0 Å². The fourth-order valence-corrected chi connectivity index (χ4v) is 2.41. The predicted molar refractivity (Wildman–Crippen MR) is 79.6 cm³/mol. The van der Waals surface area contributed by atoms with E-state index in [9.17, 15) is 4.79 Å². The molecule has 1 aromatic carbocycles. The molecule has 0 bridgehead atoms. The van der Waals surface area contributed by atoms with E-state index in [4.69, 9.17) is 5.73 Å². The number of hydrogen-bond acceptors (Lipinski definition) is 2. The zero-order chi connectivity index (χ0) is 13.8. The zero-order valence-electron chi connectivity index (χ0n) is 11.2. The molecule has 0 radical (unpaired) electrons. The van der Waals surface area contributed by atoms with Crippen molar-refractivity contribution in [1.29, 1.82) is 0 Å². The Hall–Kier alpha value is -1.03. The lowest BCUT2D eigenvalue weighted by atomic mass is 9.89. The van der Waals surface area contributed by atoms with Gasteiger partial charge < -0.3 is 11.1 Å². The molecule has 0 aromatic heterocycles. The predicted octanol–water partition coefficient (Wildman–Crippen LogP) is 3.73. The number of nitrogens with two attached hydrogens (primary N) is 1. The fraction of sp³-hybridized carbons (Fsp3) is 0.500. The van der Waals surface area contributed by atoms with Gasteiger partial charge in [0.25, 0.3) is 5.91 Å². The molecular weight excluding hydrogens is 292 g/mol. The van der Waals surface area contributed by atoms with E-state index in [1.807, 2.05) is 6.07 Å². The van der Waals surface area contributed by atoms with Crippen LogP contribution < -0.4 is 11.1 Å². The van der Waals surface area contributed by atoms with Crippen LogP contribution in [-0.2, 0) is 0 Å². The first-order chi connectivity index (χ1) is 8.48. The molecule has 0 saturated carbocycles. The van der Waals surface area contributed by atoms with Crippen molar-refractivity contribution in [2.75, 3.05) is 5.73 Å². The number of nitrogen functional groups attached to an aromatic ring is 1. The Kier molecular flexibility index (Phi) is 5.20. The summed E-state index contributed by atoms with van der Waals surface area (Å²) < 4.78 is 0.858. The molecular formula is C14H21BrN2O. The maximum Gasteiger partial charge on any atom is 0.253 e. The minimum absolute atomic E-state index is 0.0978. The minimum atomic E-state index is -0.133. The van der Waals surface area contributed by atoms with Crippen LogP contribution in [0.2, 0.25) is 0 Å². The summed E-state index contributed by atoms with van der Waals surface area (Å²) in [5, 5.41) is 3.12. The van der Waals surface area contributed by atoms with E-state index in [-0.39, 0.29) is 11.4 Å². The molecule has 0 atom stereocenters. The molecule has 0 unspecified atom stereocenters. The lowest BCUT2D eigenvalue weighted by Gasteiger charge is -2.32. The lowest BCUT2D eigenvalue weighted by molar-refractivity contribution is 0.0889. The third-order valence-corrected chi connectivity index (χ3v) is 4.16. The Labute approximate surface area is 117 Å². The molecule has 0 spiro atoms. The van der Waals surface area contributed by atoms with Gasteiger partial charge in [-0.15, -0.1) is 0 Å².